The van der Waals surface area contributed by atoms with Crippen molar-refractivity contribution in [2.24, 2.45) is 0 Å². The lowest BCUT2D eigenvalue weighted by atomic mass is 9.79. The SMILES string of the molecule is CC1(Oc2cccc3c2B(O)OC3)CN1. The van der Waals surface area contributed by atoms with Gasteiger partial charge in [-0.1, -0.05) is 12.1 Å². The van der Waals surface area contributed by atoms with E-state index in [0.717, 1.165) is 17.6 Å². The zero-order valence-corrected chi connectivity index (χ0v) is 8.49. The third-order valence-electron chi connectivity index (χ3n) is 2.81. The number of hydrogen-bond acceptors (Lipinski definition) is 4. The highest BCUT2D eigenvalue weighted by Crippen LogP contribution is 2.25. The summed E-state index contributed by atoms with van der Waals surface area (Å²) >= 11 is 0. The van der Waals surface area contributed by atoms with Crippen molar-refractivity contribution >= 4 is 12.6 Å². The van der Waals surface area contributed by atoms with Crippen LogP contribution in [0.4, 0.5) is 0 Å². The molecule has 15 heavy (non-hydrogen) atoms. The van der Waals surface area contributed by atoms with Crippen molar-refractivity contribution in [3.05, 3.63) is 23.8 Å². The van der Waals surface area contributed by atoms with Crippen LogP contribution < -0.4 is 15.5 Å². The Hall–Kier alpha value is -1.04. The van der Waals surface area contributed by atoms with Crippen LogP contribution in [0.15, 0.2) is 18.2 Å². The summed E-state index contributed by atoms with van der Waals surface area (Å²) in [4.78, 5) is 0. The lowest BCUT2D eigenvalue weighted by Crippen LogP contribution is -2.32. The van der Waals surface area contributed by atoms with Gasteiger partial charge >= 0.3 is 7.12 Å². The van der Waals surface area contributed by atoms with Gasteiger partial charge in [0.1, 0.15) is 5.75 Å². The van der Waals surface area contributed by atoms with Gasteiger partial charge in [-0.2, -0.15) is 0 Å². The first-order chi connectivity index (χ1) is 7.18. The summed E-state index contributed by atoms with van der Waals surface area (Å²) < 4.78 is 10.9. The molecule has 2 N–H and O–H groups in total. The lowest BCUT2D eigenvalue weighted by molar-refractivity contribution is 0.196. The van der Waals surface area contributed by atoms with E-state index in [4.69, 9.17) is 9.39 Å². The average Bonchev–Trinajstić information content (AvgIpc) is 2.80. The van der Waals surface area contributed by atoms with Gasteiger partial charge in [-0.15, -0.1) is 0 Å². The summed E-state index contributed by atoms with van der Waals surface area (Å²) in [6.45, 7) is 3.28. The molecule has 0 bridgehead atoms. The number of ether oxygens (including phenoxy) is 1. The van der Waals surface area contributed by atoms with Gasteiger partial charge < -0.3 is 14.4 Å². The molecule has 3 rings (SSSR count). The molecule has 5 heteroatoms. The van der Waals surface area contributed by atoms with Crippen LogP contribution in [0.3, 0.4) is 0 Å². The Kier molecular flexibility index (Phi) is 1.83. The van der Waals surface area contributed by atoms with Crippen molar-refractivity contribution in [3.63, 3.8) is 0 Å². The third-order valence-corrected chi connectivity index (χ3v) is 2.81. The summed E-state index contributed by atoms with van der Waals surface area (Å²) in [6, 6.07) is 5.73. The maximum absolute atomic E-state index is 9.66. The zero-order chi connectivity index (χ0) is 10.5. The van der Waals surface area contributed by atoms with Crippen LogP contribution in [0.5, 0.6) is 5.75 Å². The van der Waals surface area contributed by atoms with Gasteiger partial charge in [0, 0.05) is 5.46 Å². The molecule has 4 nitrogen and oxygen atoms in total. The minimum absolute atomic E-state index is 0.266. The average molecular weight is 205 g/mol. The summed E-state index contributed by atoms with van der Waals surface area (Å²) in [5.74, 6) is 0.713. The number of benzene rings is 1. The highest BCUT2D eigenvalue weighted by Gasteiger charge is 2.41. The number of nitrogens with one attached hydrogen (secondary N) is 1. The lowest BCUT2D eigenvalue weighted by Gasteiger charge is -2.14. The van der Waals surface area contributed by atoms with E-state index in [9.17, 15) is 5.02 Å². The van der Waals surface area contributed by atoms with Gasteiger partial charge in [-0.25, -0.2) is 0 Å². The number of hydrogen-bond donors (Lipinski definition) is 2. The van der Waals surface area contributed by atoms with Crippen LogP contribution >= 0.6 is 0 Å². The predicted octanol–water partition coefficient (Wildman–Crippen LogP) is -0.398. The van der Waals surface area contributed by atoms with Crippen molar-refractivity contribution in [2.45, 2.75) is 19.3 Å². The second-order valence-corrected chi connectivity index (χ2v) is 4.18. The molecule has 0 aliphatic carbocycles. The molecule has 2 aliphatic heterocycles. The van der Waals surface area contributed by atoms with Crippen LogP contribution in [-0.4, -0.2) is 24.4 Å². The molecule has 78 valence electrons. The molecular formula is C10H12BNO3. The van der Waals surface area contributed by atoms with Crippen LogP contribution in [0.1, 0.15) is 12.5 Å². The standard InChI is InChI=1S/C10H12BNO3/c1-10(6-12-10)15-8-4-2-3-7-5-14-11(13)9(7)8/h2-4,12-13H,5-6H2,1H3. The summed E-state index contributed by atoms with van der Waals surface area (Å²) in [6.07, 6.45) is 0. The summed E-state index contributed by atoms with van der Waals surface area (Å²) in [5.41, 5.74) is 1.51. The Bertz CT molecular complexity index is 406. The van der Waals surface area contributed by atoms with E-state index in [2.05, 4.69) is 5.32 Å². The molecule has 0 saturated carbocycles. The monoisotopic (exact) mass is 205 g/mol. The van der Waals surface area contributed by atoms with Crippen molar-refractivity contribution in [2.75, 3.05) is 6.54 Å². The van der Waals surface area contributed by atoms with Crippen LogP contribution in [0.25, 0.3) is 0 Å². The molecule has 1 unspecified atom stereocenters. The molecule has 0 radical (unpaired) electrons. The predicted molar refractivity (Wildman–Crippen MR) is 55.9 cm³/mol. The third kappa shape index (κ3) is 1.53. The fourth-order valence-electron chi connectivity index (χ4n) is 1.78. The normalized spacial score (nSPS) is 27.7. The maximum atomic E-state index is 9.66. The largest absolute Gasteiger partial charge is 0.495 e. The van der Waals surface area contributed by atoms with Gasteiger partial charge in [0.2, 0.25) is 0 Å². The molecule has 1 atom stereocenters. The molecule has 1 aromatic carbocycles. The molecule has 0 spiro atoms. The first kappa shape index (κ1) is 9.21. The second-order valence-electron chi connectivity index (χ2n) is 4.18. The molecule has 1 saturated heterocycles. The highest BCUT2D eigenvalue weighted by atomic mass is 16.5. The minimum atomic E-state index is -0.849. The second kappa shape index (κ2) is 2.98. The number of fused-ring (bicyclic) bond motifs is 1. The molecule has 0 amide bonds. The Morgan fingerprint density at radius 3 is 3.13 bits per heavy atom. The van der Waals surface area contributed by atoms with Gasteiger partial charge in [-0.3, -0.25) is 5.32 Å². The summed E-state index contributed by atoms with van der Waals surface area (Å²) in [7, 11) is -0.849. The maximum Gasteiger partial charge on any atom is 0.495 e. The van der Waals surface area contributed by atoms with Gasteiger partial charge in [-0.05, 0) is 18.6 Å². The molecule has 1 aromatic rings. The quantitative estimate of drug-likeness (QED) is 0.509. The fourth-order valence-corrected chi connectivity index (χ4v) is 1.78. The molecule has 2 aliphatic rings. The van der Waals surface area contributed by atoms with Crippen molar-refractivity contribution in [3.8, 4) is 5.75 Å². The Labute approximate surface area is 88.3 Å². The van der Waals surface area contributed by atoms with E-state index in [-0.39, 0.29) is 5.72 Å². The molecule has 1 fully saturated rings. The van der Waals surface area contributed by atoms with Crippen molar-refractivity contribution < 1.29 is 14.4 Å². The van der Waals surface area contributed by atoms with Crippen molar-refractivity contribution in [1.82, 2.24) is 5.32 Å². The van der Waals surface area contributed by atoms with E-state index in [1.807, 2.05) is 25.1 Å². The van der Waals surface area contributed by atoms with Crippen LogP contribution in [-0.2, 0) is 11.3 Å². The fraction of sp³-hybridized carbons (Fsp3) is 0.400. The van der Waals surface area contributed by atoms with E-state index in [1.165, 1.54) is 0 Å². The van der Waals surface area contributed by atoms with Crippen LogP contribution in [0.2, 0.25) is 0 Å². The van der Waals surface area contributed by atoms with E-state index in [1.54, 1.807) is 0 Å². The van der Waals surface area contributed by atoms with E-state index < -0.39 is 7.12 Å². The molecule has 0 aromatic heterocycles. The molecule has 2 heterocycles. The van der Waals surface area contributed by atoms with E-state index in [0.29, 0.717) is 12.4 Å². The van der Waals surface area contributed by atoms with Crippen molar-refractivity contribution in [1.29, 1.82) is 0 Å². The summed E-state index contributed by atoms with van der Waals surface area (Å²) in [5, 5.41) is 12.8. The van der Waals surface area contributed by atoms with Gasteiger partial charge in [0.05, 0.1) is 13.2 Å². The Morgan fingerprint density at radius 2 is 2.40 bits per heavy atom. The highest BCUT2D eigenvalue weighted by molar-refractivity contribution is 6.62. The molecular weight excluding hydrogens is 193 g/mol. The van der Waals surface area contributed by atoms with E-state index >= 15 is 0 Å². The minimum Gasteiger partial charge on any atom is -0.472 e. The number of rotatable bonds is 2. The first-order valence-corrected chi connectivity index (χ1v) is 5.03. The zero-order valence-electron chi connectivity index (χ0n) is 8.49. The van der Waals surface area contributed by atoms with Gasteiger partial charge in [0.25, 0.3) is 0 Å². The first-order valence-electron chi connectivity index (χ1n) is 5.03. The smallest absolute Gasteiger partial charge is 0.472 e. The topological polar surface area (TPSA) is 60.6 Å². The Balaban J connectivity index is 1.97. The van der Waals surface area contributed by atoms with Gasteiger partial charge in [0.15, 0.2) is 5.72 Å². The van der Waals surface area contributed by atoms with Crippen LogP contribution in [0, 0.1) is 0 Å². The Morgan fingerprint density at radius 1 is 1.60 bits per heavy atom.